The Balaban J connectivity index is 1.55. The summed E-state index contributed by atoms with van der Waals surface area (Å²) in [5.41, 5.74) is 4.07. The smallest absolute Gasteiger partial charge is 0.0434 e. The number of nitrogens with zero attached hydrogens (tertiary/aromatic N) is 2. The molecule has 1 aliphatic heterocycles. The molecule has 0 amide bonds. The van der Waals surface area contributed by atoms with Crippen LogP contribution in [0.25, 0.3) is 0 Å². The van der Waals surface area contributed by atoms with E-state index in [0.29, 0.717) is 5.92 Å². The van der Waals surface area contributed by atoms with Crippen molar-refractivity contribution in [3.05, 3.63) is 127 Å². The van der Waals surface area contributed by atoms with Gasteiger partial charge in [-0.25, -0.2) is 0 Å². The van der Waals surface area contributed by atoms with Crippen molar-refractivity contribution in [2.45, 2.75) is 5.92 Å². The molecule has 3 heteroatoms. The molecule has 1 saturated heterocycles. The van der Waals surface area contributed by atoms with E-state index in [-0.39, 0.29) is 7.92 Å². The summed E-state index contributed by atoms with van der Waals surface area (Å²) >= 11 is 0. The zero-order chi connectivity index (χ0) is 21.6. The summed E-state index contributed by atoms with van der Waals surface area (Å²) in [7, 11) is -0.372. The number of hydrogen-bond donors (Lipinski definition) is 0. The van der Waals surface area contributed by atoms with E-state index in [1.54, 1.807) is 0 Å². The molecule has 4 aromatic rings. The average Bonchev–Trinajstić information content (AvgIpc) is 2.86. The lowest BCUT2D eigenvalue weighted by Crippen LogP contribution is -2.41. The van der Waals surface area contributed by atoms with Crippen molar-refractivity contribution in [2.24, 2.45) is 0 Å². The highest BCUT2D eigenvalue weighted by Crippen LogP contribution is 2.42. The fraction of sp³-hybridized carbons (Fsp3) is 0.172. The molecule has 0 aromatic heterocycles. The second-order valence-electron chi connectivity index (χ2n) is 8.38. The van der Waals surface area contributed by atoms with Crippen molar-refractivity contribution in [2.75, 3.05) is 35.5 Å². The van der Waals surface area contributed by atoms with E-state index in [9.17, 15) is 0 Å². The predicted molar refractivity (Wildman–Crippen MR) is 139 cm³/mol. The number of benzene rings is 4. The van der Waals surface area contributed by atoms with E-state index >= 15 is 0 Å². The Labute approximate surface area is 192 Å². The van der Waals surface area contributed by atoms with Gasteiger partial charge in [0.15, 0.2) is 0 Å². The monoisotopic (exact) mass is 436 g/mol. The van der Waals surface area contributed by atoms with Crippen LogP contribution in [-0.4, -0.2) is 25.7 Å². The normalized spacial score (nSPS) is 19.2. The van der Waals surface area contributed by atoms with Gasteiger partial charge >= 0.3 is 0 Å². The van der Waals surface area contributed by atoms with Crippen LogP contribution in [0.15, 0.2) is 121 Å². The first-order chi connectivity index (χ1) is 15.9. The number of para-hydroxylation sites is 2. The lowest BCUT2D eigenvalue weighted by molar-refractivity contribution is 0.641. The van der Waals surface area contributed by atoms with Crippen molar-refractivity contribution in [1.29, 1.82) is 0 Å². The number of hydrogen-bond acceptors (Lipinski definition) is 2. The van der Waals surface area contributed by atoms with Crippen molar-refractivity contribution < 1.29 is 0 Å². The molecule has 5 rings (SSSR count). The molecule has 0 atom stereocenters. The van der Waals surface area contributed by atoms with Crippen molar-refractivity contribution in [1.82, 2.24) is 0 Å². The Morgan fingerprint density at radius 3 is 1.38 bits per heavy atom. The highest BCUT2D eigenvalue weighted by molar-refractivity contribution is 7.65. The maximum absolute atomic E-state index is 2.62. The van der Waals surface area contributed by atoms with Gasteiger partial charge in [-0.15, -0.1) is 0 Å². The Bertz CT molecular complexity index is 897. The summed E-state index contributed by atoms with van der Waals surface area (Å²) in [4.78, 5) is 5.25. The summed E-state index contributed by atoms with van der Waals surface area (Å²) in [5.74, 6) is 0.435. The van der Waals surface area contributed by atoms with E-state index < -0.39 is 0 Å². The van der Waals surface area contributed by atoms with Gasteiger partial charge in [0.2, 0.25) is 0 Å². The predicted octanol–water partition coefficient (Wildman–Crippen LogP) is 6.52. The third-order valence-corrected chi connectivity index (χ3v) is 8.59. The minimum Gasteiger partial charge on any atom is -0.366 e. The van der Waals surface area contributed by atoms with Crippen LogP contribution < -0.4 is 15.1 Å². The molecule has 0 unspecified atom stereocenters. The van der Waals surface area contributed by atoms with Gasteiger partial charge in [0.1, 0.15) is 0 Å². The van der Waals surface area contributed by atoms with Gasteiger partial charge in [-0.05, 0) is 43.1 Å². The van der Waals surface area contributed by atoms with Gasteiger partial charge in [0.25, 0.3) is 0 Å². The molecule has 32 heavy (non-hydrogen) atoms. The van der Waals surface area contributed by atoms with Gasteiger partial charge in [0, 0.05) is 43.0 Å². The lowest BCUT2D eigenvalue weighted by atomic mass is 9.97. The Hall–Kier alpha value is -3.09. The average molecular weight is 437 g/mol. The highest BCUT2D eigenvalue weighted by Gasteiger charge is 2.28. The van der Waals surface area contributed by atoms with Gasteiger partial charge < -0.3 is 9.80 Å². The molecule has 0 radical (unpaired) electrons. The molecular weight excluding hydrogens is 407 g/mol. The third kappa shape index (κ3) is 4.87. The molecule has 0 saturated carbocycles. The van der Waals surface area contributed by atoms with Gasteiger partial charge in [-0.2, -0.15) is 0 Å². The molecule has 1 fully saturated rings. The van der Waals surface area contributed by atoms with E-state index in [2.05, 4.69) is 131 Å². The molecule has 0 spiro atoms. The molecule has 4 aromatic carbocycles. The Kier molecular flexibility index (Phi) is 6.51. The molecule has 2 nitrogen and oxygen atoms in total. The lowest BCUT2D eigenvalue weighted by Gasteiger charge is -2.41. The molecule has 1 aliphatic rings. The molecular formula is C29H29N2P. The Morgan fingerprint density at radius 2 is 0.906 bits per heavy atom. The molecule has 160 valence electrons. The molecule has 0 aliphatic carbocycles. The summed E-state index contributed by atoms with van der Waals surface area (Å²) < 4.78 is 0. The molecule has 1 heterocycles. The number of rotatable bonds is 4. The van der Waals surface area contributed by atoms with Crippen LogP contribution in [0.5, 0.6) is 0 Å². The minimum atomic E-state index is -0.372. The van der Waals surface area contributed by atoms with E-state index in [1.807, 2.05) is 0 Å². The fourth-order valence-electron chi connectivity index (χ4n) is 4.55. The topological polar surface area (TPSA) is 6.48 Å². The van der Waals surface area contributed by atoms with Gasteiger partial charge in [-0.3, -0.25) is 0 Å². The molecule has 0 N–H and O–H groups in total. The maximum atomic E-state index is 2.62. The zero-order valence-electron chi connectivity index (χ0n) is 18.3. The van der Waals surface area contributed by atoms with E-state index in [4.69, 9.17) is 0 Å². The molecule has 0 bridgehead atoms. The van der Waals surface area contributed by atoms with Crippen molar-refractivity contribution >= 4 is 24.6 Å². The van der Waals surface area contributed by atoms with Gasteiger partial charge in [-0.1, -0.05) is 97.1 Å². The zero-order valence-corrected chi connectivity index (χ0v) is 19.2. The summed E-state index contributed by atoms with van der Waals surface area (Å²) in [6, 6.07) is 44.1. The SMILES string of the molecule is c1ccc(C2CN(c3ccccc3)CP(c3ccccc3)CN(c3ccccc3)C2)cc1. The van der Waals surface area contributed by atoms with Crippen LogP contribution >= 0.6 is 7.92 Å². The first-order valence-electron chi connectivity index (χ1n) is 11.3. The first-order valence-corrected chi connectivity index (χ1v) is 13.0. The van der Waals surface area contributed by atoms with E-state index in [0.717, 1.165) is 25.7 Å². The minimum absolute atomic E-state index is 0.372. The standard InChI is InChI=1S/C29H29N2P/c1-5-13-25(14-6-1)26-21-30(27-15-7-2-8-16-27)23-32(29-19-11-4-12-20-29)24-31(22-26)28-17-9-3-10-18-28/h1-20,26H,21-24H2. The van der Waals surface area contributed by atoms with Crippen LogP contribution in [0.1, 0.15) is 11.5 Å². The van der Waals surface area contributed by atoms with Crippen molar-refractivity contribution in [3.8, 4) is 0 Å². The van der Waals surface area contributed by atoms with Crippen LogP contribution in [0.3, 0.4) is 0 Å². The van der Waals surface area contributed by atoms with Crippen LogP contribution in [0.2, 0.25) is 0 Å². The summed E-state index contributed by atoms with van der Waals surface area (Å²) in [5, 5.41) is 1.47. The Morgan fingerprint density at radius 1 is 0.500 bits per heavy atom. The number of anilines is 2. The van der Waals surface area contributed by atoms with Crippen LogP contribution in [-0.2, 0) is 0 Å². The summed E-state index contributed by atoms with van der Waals surface area (Å²) in [6.07, 6.45) is 2.13. The largest absolute Gasteiger partial charge is 0.366 e. The highest BCUT2D eigenvalue weighted by atomic mass is 31.1. The quantitative estimate of drug-likeness (QED) is 0.336. The second-order valence-corrected chi connectivity index (χ2v) is 10.5. The van der Waals surface area contributed by atoms with Gasteiger partial charge in [0.05, 0.1) is 0 Å². The maximum Gasteiger partial charge on any atom is 0.0434 e. The van der Waals surface area contributed by atoms with Crippen LogP contribution in [0, 0.1) is 0 Å². The third-order valence-electron chi connectivity index (χ3n) is 6.20. The second kappa shape index (κ2) is 10.0. The fourth-order valence-corrected chi connectivity index (χ4v) is 6.94. The van der Waals surface area contributed by atoms with Crippen LogP contribution in [0.4, 0.5) is 11.4 Å². The van der Waals surface area contributed by atoms with E-state index in [1.165, 1.54) is 22.2 Å². The summed E-state index contributed by atoms with van der Waals surface area (Å²) in [6.45, 7) is 2.03. The first kappa shape index (κ1) is 20.8. The van der Waals surface area contributed by atoms with Crippen molar-refractivity contribution in [3.63, 3.8) is 0 Å².